The van der Waals surface area contributed by atoms with Gasteiger partial charge in [-0.2, -0.15) is 0 Å². The molecule has 0 aliphatic heterocycles. The van der Waals surface area contributed by atoms with Crippen LogP contribution in [0.25, 0.3) is 55.3 Å². The van der Waals surface area contributed by atoms with Gasteiger partial charge in [0.2, 0.25) is 0 Å². The maximum Gasteiger partial charge on any atom is 0.135 e. The van der Waals surface area contributed by atoms with Gasteiger partial charge in [-0.1, -0.05) is 96.1 Å². The molecule has 1 heteroatoms. The zero-order valence-corrected chi connectivity index (χ0v) is 24.1. The number of furan rings is 1. The summed E-state index contributed by atoms with van der Waals surface area (Å²) in [5.74, 6) is 0.530. The van der Waals surface area contributed by atoms with E-state index in [0.717, 1.165) is 11.2 Å². The highest BCUT2D eigenvalue weighted by Crippen LogP contribution is 2.56. The Kier molecular flexibility index (Phi) is 4.61. The van der Waals surface area contributed by atoms with E-state index in [-0.39, 0.29) is 10.8 Å². The summed E-state index contributed by atoms with van der Waals surface area (Å²) in [5.41, 5.74) is 17.0. The van der Waals surface area contributed by atoms with Gasteiger partial charge in [-0.15, -0.1) is 0 Å². The van der Waals surface area contributed by atoms with Gasteiger partial charge in [-0.3, -0.25) is 0 Å². The molecule has 0 spiro atoms. The summed E-state index contributed by atoms with van der Waals surface area (Å²) in [4.78, 5) is 0. The zero-order chi connectivity index (χ0) is 27.6. The molecule has 0 atom stereocenters. The molecule has 0 unspecified atom stereocenters. The van der Waals surface area contributed by atoms with Gasteiger partial charge in [0, 0.05) is 21.6 Å². The van der Waals surface area contributed by atoms with E-state index in [1.54, 1.807) is 0 Å². The highest BCUT2D eigenvalue weighted by atomic mass is 16.3. The minimum absolute atomic E-state index is 0.0137. The second-order valence-electron chi connectivity index (χ2n) is 13.2. The van der Waals surface area contributed by atoms with Crippen molar-refractivity contribution in [3.63, 3.8) is 0 Å². The van der Waals surface area contributed by atoms with Crippen LogP contribution in [0.4, 0.5) is 0 Å². The van der Waals surface area contributed by atoms with E-state index in [9.17, 15) is 0 Å². The number of hydrogen-bond donors (Lipinski definition) is 0. The van der Waals surface area contributed by atoms with Crippen molar-refractivity contribution in [3.05, 3.63) is 119 Å². The molecule has 40 heavy (non-hydrogen) atoms. The molecule has 0 bridgehead atoms. The van der Waals surface area contributed by atoms with Crippen molar-refractivity contribution >= 4 is 21.9 Å². The SMILES string of the molecule is CC(C)c1ccc2c(c1)C(C)(C)c1cc3c(cc1-2)C(C)(C)c1cc(-c2ccc4oc5ccccc5c4c2)ccc1-3. The Labute approximate surface area is 236 Å². The molecular weight excluding hydrogens is 484 g/mol. The lowest BCUT2D eigenvalue weighted by atomic mass is 9.79. The quantitative estimate of drug-likeness (QED) is 0.222. The van der Waals surface area contributed by atoms with Gasteiger partial charge in [0.25, 0.3) is 0 Å². The molecule has 196 valence electrons. The smallest absolute Gasteiger partial charge is 0.135 e. The van der Waals surface area contributed by atoms with Crippen LogP contribution < -0.4 is 0 Å². The Balaban J connectivity index is 1.27. The average molecular weight is 519 g/mol. The van der Waals surface area contributed by atoms with E-state index in [2.05, 4.69) is 120 Å². The second-order valence-corrected chi connectivity index (χ2v) is 13.2. The monoisotopic (exact) mass is 518 g/mol. The largest absolute Gasteiger partial charge is 0.456 e. The van der Waals surface area contributed by atoms with Crippen molar-refractivity contribution in [2.45, 2.75) is 58.3 Å². The molecule has 5 aromatic carbocycles. The summed E-state index contributed by atoms with van der Waals surface area (Å²) in [5, 5.41) is 2.35. The predicted octanol–water partition coefficient (Wildman–Crippen LogP) is 11.0. The van der Waals surface area contributed by atoms with Crippen molar-refractivity contribution < 1.29 is 4.42 Å². The van der Waals surface area contributed by atoms with Gasteiger partial charge in [0.1, 0.15) is 11.2 Å². The zero-order valence-electron chi connectivity index (χ0n) is 24.1. The third kappa shape index (κ3) is 3.04. The number of para-hydroxylation sites is 1. The van der Waals surface area contributed by atoms with E-state index >= 15 is 0 Å². The fraction of sp³-hybridized carbons (Fsp3) is 0.231. The Hall–Kier alpha value is -4.10. The van der Waals surface area contributed by atoms with Gasteiger partial charge >= 0.3 is 0 Å². The second kappa shape index (κ2) is 7.76. The molecule has 0 N–H and O–H groups in total. The molecule has 1 nitrogen and oxygen atoms in total. The van der Waals surface area contributed by atoms with Gasteiger partial charge in [-0.05, 0) is 104 Å². The van der Waals surface area contributed by atoms with E-state index in [1.807, 2.05) is 12.1 Å². The van der Waals surface area contributed by atoms with Gasteiger partial charge in [-0.25, -0.2) is 0 Å². The van der Waals surface area contributed by atoms with Crippen LogP contribution in [0.5, 0.6) is 0 Å². The molecule has 0 saturated heterocycles. The van der Waals surface area contributed by atoms with E-state index in [4.69, 9.17) is 4.42 Å². The average Bonchev–Trinajstić information content (AvgIpc) is 3.51. The number of hydrogen-bond acceptors (Lipinski definition) is 1. The van der Waals surface area contributed by atoms with Crippen LogP contribution in [0.1, 0.15) is 75.3 Å². The molecule has 0 radical (unpaired) electrons. The fourth-order valence-corrected chi connectivity index (χ4v) is 7.42. The summed E-state index contributed by atoms with van der Waals surface area (Å²) < 4.78 is 6.09. The van der Waals surface area contributed by atoms with Crippen molar-refractivity contribution in [3.8, 4) is 33.4 Å². The van der Waals surface area contributed by atoms with Gasteiger partial charge in [0.15, 0.2) is 0 Å². The lowest BCUT2D eigenvalue weighted by Crippen LogP contribution is -2.17. The molecule has 2 aliphatic rings. The molecular formula is C39H34O. The highest BCUT2D eigenvalue weighted by molar-refractivity contribution is 6.06. The Morgan fingerprint density at radius 3 is 1.75 bits per heavy atom. The van der Waals surface area contributed by atoms with E-state index in [1.165, 1.54) is 72.0 Å². The number of rotatable bonds is 2. The minimum Gasteiger partial charge on any atom is -0.456 e. The van der Waals surface area contributed by atoms with Crippen LogP contribution >= 0.6 is 0 Å². The van der Waals surface area contributed by atoms with Crippen LogP contribution in [0.2, 0.25) is 0 Å². The number of fused-ring (bicyclic) bond motifs is 9. The standard InChI is InChI=1S/C39H34O/c1-22(2)23-11-14-26-29-20-35-30(21-34(29)38(3,4)32(26)18-23)27-15-12-25(19-33(27)39(35,5)6)24-13-16-37-31(17-24)28-9-7-8-10-36(28)40-37/h7-22H,1-6H3. The molecule has 0 saturated carbocycles. The first-order chi connectivity index (χ1) is 19.1. The third-order valence-corrected chi connectivity index (χ3v) is 9.87. The summed E-state index contributed by atoms with van der Waals surface area (Å²) in [7, 11) is 0. The van der Waals surface area contributed by atoms with Gasteiger partial charge in [0.05, 0.1) is 0 Å². The maximum absolute atomic E-state index is 6.09. The minimum atomic E-state index is -0.0765. The van der Waals surface area contributed by atoms with Crippen LogP contribution in [0.15, 0.2) is 95.4 Å². The lowest BCUT2D eigenvalue weighted by molar-refractivity contribution is 0.651. The third-order valence-electron chi connectivity index (χ3n) is 9.87. The normalized spacial score (nSPS) is 15.9. The predicted molar refractivity (Wildman–Crippen MR) is 168 cm³/mol. The van der Waals surface area contributed by atoms with E-state index in [0.29, 0.717) is 5.92 Å². The molecule has 0 amide bonds. The highest BCUT2D eigenvalue weighted by Gasteiger charge is 2.41. The topological polar surface area (TPSA) is 13.1 Å². The summed E-state index contributed by atoms with van der Waals surface area (Å²) in [6.07, 6.45) is 0. The van der Waals surface area contributed by atoms with Crippen molar-refractivity contribution in [2.24, 2.45) is 0 Å². The Bertz CT molecular complexity index is 2030. The first-order valence-corrected chi connectivity index (χ1v) is 14.5. The van der Waals surface area contributed by atoms with E-state index < -0.39 is 0 Å². The van der Waals surface area contributed by atoms with Crippen LogP contribution in [0, 0.1) is 0 Å². The van der Waals surface area contributed by atoms with Crippen molar-refractivity contribution in [1.29, 1.82) is 0 Å². The Morgan fingerprint density at radius 2 is 1.05 bits per heavy atom. The first kappa shape index (κ1) is 23.8. The fourth-order valence-electron chi connectivity index (χ4n) is 7.42. The summed E-state index contributed by atoms with van der Waals surface area (Å²) in [6, 6.07) is 34.2. The van der Waals surface area contributed by atoms with Crippen LogP contribution in [-0.2, 0) is 10.8 Å². The van der Waals surface area contributed by atoms with Crippen molar-refractivity contribution in [1.82, 2.24) is 0 Å². The summed E-state index contributed by atoms with van der Waals surface area (Å²) >= 11 is 0. The molecule has 1 aromatic heterocycles. The molecule has 6 aromatic rings. The Morgan fingerprint density at radius 1 is 0.500 bits per heavy atom. The van der Waals surface area contributed by atoms with Gasteiger partial charge < -0.3 is 4.42 Å². The molecule has 1 heterocycles. The van der Waals surface area contributed by atoms with Crippen LogP contribution in [-0.4, -0.2) is 0 Å². The lowest BCUT2D eigenvalue weighted by Gasteiger charge is -2.24. The van der Waals surface area contributed by atoms with Crippen molar-refractivity contribution in [2.75, 3.05) is 0 Å². The van der Waals surface area contributed by atoms with Crippen LogP contribution in [0.3, 0.4) is 0 Å². The number of benzene rings is 5. The summed E-state index contributed by atoms with van der Waals surface area (Å²) in [6.45, 7) is 14.2. The first-order valence-electron chi connectivity index (χ1n) is 14.5. The maximum atomic E-state index is 6.09. The molecule has 2 aliphatic carbocycles. The molecule has 0 fully saturated rings. The molecule has 8 rings (SSSR count).